The van der Waals surface area contributed by atoms with Crippen molar-refractivity contribution in [2.75, 3.05) is 13.1 Å². The summed E-state index contributed by atoms with van der Waals surface area (Å²) in [7, 11) is 0. The fourth-order valence-corrected chi connectivity index (χ4v) is 0.840. The summed E-state index contributed by atoms with van der Waals surface area (Å²) in [6.45, 7) is 0.639. The highest BCUT2D eigenvalue weighted by Crippen LogP contribution is 2.07. The van der Waals surface area contributed by atoms with Gasteiger partial charge in [-0.05, 0) is 0 Å². The van der Waals surface area contributed by atoms with Crippen molar-refractivity contribution in [1.29, 1.82) is 0 Å². The van der Waals surface area contributed by atoms with E-state index in [2.05, 4.69) is 5.32 Å². The van der Waals surface area contributed by atoms with Gasteiger partial charge in [-0.1, -0.05) is 0 Å². The van der Waals surface area contributed by atoms with E-state index in [0.29, 0.717) is 13.1 Å². The van der Waals surface area contributed by atoms with E-state index in [0.717, 1.165) is 12.3 Å². The number of rotatable bonds is 4. The molecule has 0 radical (unpaired) electrons. The van der Waals surface area contributed by atoms with Crippen molar-refractivity contribution in [3.8, 4) is 0 Å². The molecule has 0 aliphatic rings. The monoisotopic (exact) mass is 198 g/mol. The van der Waals surface area contributed by atoms with Gasteiger partial charge in [-0.2, -0.15) is 0 Å². The van der Waals surface area contributed by atoms with Crippen LogP contribution < -0.4 is 11.1 Å². The van der Waals surface area contributed by atoms with E-state index in [1.54, 1.807) is 0 Å². The van der Waals surface area contributed by atoms with E-state index >= 15 is 0 Å². The lowest BCUT2D eigenvalue weighted by molar-refractivity contribution is 0.0696. The molecule has 1 amide bonds. The number of carbonyl (C=O) groups is 2. The highest BCUT2D eigenvalue weighted by Gasteiger charge is 2.13. The Morgan fingerprint density at radius 3 is 2.79 bits per heavy atom. The molecule has 0 bridgehead atoms. The first kappa shape index (κ1) is 10.3. The normalized spacial score (nSPS) is 9.79. The highest BCUT2D eigenvalue weighted by molar-refractivity contribution is 5.95. The van der Waals surface area contributed by atoms with Gasteiger partial charge < -0.3 is 20.6 Å². The van der Waals surface area contributed by atoms with Crippen LogP contribution in [0.5, 0.6) is 0 Å². The summed E-state index contributed by atoms with van der Waals surface area (Å²) in [6.07, 6.45) is 1.01. The molecule has 6 heteroatoms. The molecule has 4 N–H and O–H groups in total. The second kappa shape index (κ2) is 4.43. The molecule has 14 heavy (non-hydrogen) atoms. The predicted octanol–water partition coefficient (Wildman–Crippen LogP) is -0.334. The summed E-state index contributed by atoms with van der Waals surface area (Å²) >= 11 is 0. The molecule has 0 saturated carbocycles. The number of amides is 1. The van der Waals surface area contributed by atoms with Crippen LogP contribution in [0.15, 0.2) is 16.7 Å². The molecule has 1 heterocycles. The zero-order valence-electron chi connectivity index (χ0n) is 7.32. The third-order valence-electron chi connectivity index (χ3n) is 1.50. The van der Waals surface area contributed by atoms with Crippen LogP contribution in [0.3, 0.4) is 0 Å². The van der Waals surface area contributed by atoms with Gasteiger partial charge in [-0.15, -0.1) is 0 Å². The predicted molar refractivity (Wildman–Crippen MR) is 47.1 cm³/mol. The number of aromatic carboxylic acids is 1. The zero-order chi connectivity index (χ0) is 10.6. The number of nitrogens with one attached hydrogen (secondary N) is 1. The number of hydrogen-bond acceptors (Lipinski definition) is 4. The van der Waals surface area contributed by atoms with Gasteiger partial charge in [0.15, 0.2) is 5.76 Å². The van der Waals surface area contributed by atoms with E-state index in [9.17, 15) is 9.59 Å². The molecule has 1 aromatic rings. The Labute approximate surface area is 79.7 Å². The van der Waals surface area contributed by atoms with Gasteiger partial charge in [-0.3, -0.25) is 4.79 Å². The maximum atomic E-state index is 11.2. The van der Waals surface area contributed by atoms with Crippen molar-refractivity contribution in [3.63, 3.8) is 0 Å². The molecular weight excluding hydrogens is 188 g/mol. The Hall–Kier alpha value is -1.82. The quantitative estimate of drug-likeness (QED) is 0.614. The van der Waals surface area contributed by atoms with E-state index in [-0.39, 0.29) is 11.3 Å². The minimum atomic E-state index is -1.13. The molecule has 6 nitrogen and oxygen atoms in total. The van der Waals surface area contributed by atoms with Crippen LogP contribution >= 0.6 is 0 Å². The number of carboxylic acid groups (broad SMARTS) is 1. The van der Waals surface area contributed by atoms with Crippen molar-refractivity contribution in [1.82, 2.24) is 5.32 Å². The minimum Gasteiger partial charge on any atom is -0.478 e. The summed E-state index contributed by atoms with van der Waals surface area (Å²) in [6, 6.07) is 1.16. The molecule has 0 unspecified atom stereocenters. The lowest BCUT2D eigenvalue weighted by Gasteiger charge is -1.98. The van der Waals surface area contributed by atoms with Crippen LogP contribution in [0.25, 0.3) is 0 Å². The average Bonchev–Trinajstić information content (AvgIpc) is 2.62. The van der Waals surface area contributed by atoms with Gasteiger partial charge in [0, 0.05) is 19.2 Å². The maximum Gasteiger partial charge on any atom is 0.338 e. The van der Waals surface area contributed by atoms with Crippen molar-refractivity contribution in [2.45, 2.75) is 0 Å². The summed E-state index contributed by atoms with van der Waals surface area (Å²) in [5.41, 5.74) is 5.12. The van der Waals surface area contributed by atoms with Crippen LogP contribution in [-0.4, -0.2) is 30.1 Å². The van der Waals surface area contributed by atoms with Crippen LogP contribution in [-0.2, 0) is 0 Å². The Morgan fingerprint density at radius 1 is 1.57 bits per heavy atom. The third-order valence-corrected chi connectivity index (χ3v) is 1.50. The molecule has 0 fully saturated rings. The Balaban J connectivity index is 2.66. The lowest BCUT2D eigenvalue weighted by Crippen LogP contribution is -2.28. The molecule has 0 spiro atoms. The molecule has 1 rings (SSSR count). The average molecular weight is 198 g/mol. The van der Waals surface area contributed by atoms with Crippen LogP contribution in [0, 0.1) is 0 Å². The highest BCUT2D eigenvalue weighted by atomic mass is 16.4. The van der Waals surface area contributed by atoms with Gasteiger partial charge in [0.2, 0.25) is 0 Å². The Kier molecular flexibility index (Phi) is 3.24. The summed E-state index contributed by atoms with van der Waals surface area (Å²) in [5.74, 6) is -1.63. The standard InChI is InChI=1S/C8H10N2O4/c9-1-2-10-7(11)6-3-5(4-14-6)8(12)13/h3-4H,1-2,9H2,(H,10,11)(H,12,13). The summed E-state index contributed by atoms with van der Waals surface area (Å²) in [5, 5.41) is 11.0. The van der Waals surface area contributed by atoms with Crippen molar-refractivity contribution < 1.29 is 19.1 Å². The lowest BCUT2D eigenvalue weighted by atomic mass is 10.3. The van der Waals surface area contributed by atoms with Gasteiger partial charge in [0.1, 0.15) is 6.26 Å². The summed E-state index contributed by atoms with van der Waals surface area (Å²) < 4.78 is 4.75. The number of carbonyl (C=O) groups excluding carboxylic acids is 1. The van der Waals surface area contributed by atoms with Gasteiger partial charge in [0.25, 0.3) is 5.91 Å². The smallest absolute Gasteiger partial charge is 0.338 e. The largest absolute Gasteiger partial charge is 0.478 e. The number of furan rings is 1. The zero-order valence-corrected chi connectivity index (χ0v) is 7.32. The van der Waals surface area contributed by atoms with Gasteiger partial charge in [0.05, 0.1) is 5.56 Å². The molecule has 0 aliphatic carbocycles. The number of nitrogens with two attached hydrogens (primary N) is 1. The third kappa shape index (κ3) is 2.33. The second-order valence-electron chi connectivity index (χ2n) is 2.55. The SMILES string of the molecule is NCCNC(=O)c1cc(C(=O)O)co1. The summed E-state index contributed by atoms with van der Waals surface area (Å²) in [4.78, 5) is 21.6. The molecule has 0 saturated heterocycles. The molecular formula is C8H10N2O4. The van der Waals surface area contributed by atoms with Crippen molar-refractivity contribution in [2.24, 2.45) is 5.73 Å². The first-order valence-corrected chi connectivity index (χ1v) is 3.95. The number of carboxylic acids is 1. The van der Waals surface area contributed by atoms with E-state index in [1.165, 1.54) is 0 Å². The first-order chi connectivity index (χ1) is 6.65. The van der Waals surface area contributed by atoms with Gasteiger partial charge in [-0.25, -0.2) is 4.79 Å². The molecule has 0 atom stereocenters. The molecule has 76 valence electrons. The van der Waals surface area contributed by atoms with Crippen LogP contribution in [0.1, 0.15) is 20.9 Å². The molecule has 1 aromatic heterocycles. The molecule has 0 aromatic carbocycles. The Morgan fingerprint density at radius 2 is 2.29 bits per heavy atom. The topological polar surface area (TPSA) is 106 Å². The fourth-order valence-electron chi connectivity index (χ4n) is 0.840. The van der Waals surface area contributed by atoms with Gasteiger partial charge >= 0.3 is 5.97 Å². The van der Waals surface area contributed by atoms with Crippen LogP contribution in [0.2, 0.25) is 0 Å². The van der Waals surface area contributed by atoms with Crippen molar-refractivity contribution in [3.05, 3.63) is 23.7 Å². The maximum absolute atomic E-state index is 11.2. The molecule has 0 aliphatic heterocycles. The van der Waals surface area contributed by atoms with Crippen molar-refractivity contribution >= 4 is 11.9 Å². The van der Waals surface area contributed by atoms with E-state index < -0.39 is 11.9 Å². The minimum absolute atomic E-state index is 0.0316. The number of hydrogen-bond donors (Lipinski definition) is 3. The Bertz CT molecular complexity index is 345. The fraction of sp³-hybridized carbons (Fsp3) is 0.250. The van der Waals surface area contributed by atoms with Crippen LogP contribution in [0.4, 0.5) is 0 Å². The first-order valence-electron chi connectivity index (χ1n) is 3.95. The second-order valence-corrected chi connectivity index (χ2v) is 2.55. The van der Waals surface area contributed by atoms with E-state index in [1.807, 2.05) is 0 Å². The van der Waals surface area contributed by atoms with E-state index in [4.69, 9.17) is 15.3 Å².